The van der Waals surface area contributed by atoms with E-state index in [1.165, 1.54) is 17.2 Å². The summed E-state index contributed by atoms with van der Waals surface area (Å²) in [5, 5.41) is 0. The Hall–Kier alpha value is -3.34. The van der Waals surface area contributed by atoms with Crippen molar-refractivity contribution in [2.45, 2.75) is 33.1 Å². The van der Waals surface area contributed by atoms with Crippen LogP contribution >= 0.6 is 0 Å². The van der Waals surface area contributed by atoms with Gasteiger partial charge in [0, 0.05) is 24.4 Å². The Bertz CT molecular complexity index is 1170. The molecular weight excluding hydrogens is 388 g/mol. The van der Waals surface area contributed by atoms with E-state index in [1.54, 1.807) is 20.4 Å². The van der Waals surface area contributed by atoms with E-state index in [1.807, 2.05) is 6.07 Å². The summed E-state index contributed by atoms with van der Waals surface area (Å²) >= 11 is 0. The van der Waals surface area contributed by atoms with Gasteiger partial charge >= 0.3 is 5.69 Å². The molecule has 3 aromatic rings. The van der Waals surface area contributed by atoms with Gasteiger partial charge in [0.25, 0.3) is 0 Å². The zero-order valence-corrected chi connectivity index (χ0v) is 19.3. The average molecular weight is 419 g/mol. The molecule has 5 nitrogen and oxygen atoms in total. The van der Waals surface area contributed by atoms with Crippen LogP contribution in [0.2, 0.25) is 0 Å². The Balaban J connectivity index is 2.24. The van der Waals surface area contributed by atoms with E-state index < -0.39 is 0 Å². The second kappa shape index (κ2) is 8.80. The molecule has 0 amide bonds. The highest BCUT2D eigenvalue weighted by molar-refractivity contribution is 5.79. The van der Waals surface area contributed by atoms with E-state index in [9.17, 15) is 4.79 Å². The fourth-order valence-electron chi connectivity index (χ4n) is 3.46. The van der Waals surface area contributed by atoms with Crippen LogP contribution in [0.5, 0.6) is 11.6 Å². The summed E-state index contributed by atoms with van der Waals surface area (Å²) in [5.41, 5.74) is 5.49. The SMILES string of the molecule is COc1nc(=O)n(C)cc1-c1cc(/C=C/c2ccc(C)cc2)c(OC)c(C(C)(C)C)c1. The number of nitrogens with zero attached hydrogens (tertiary/aromatic N) is 2. The summed E-state index contributed by atoms with van der Waals surface area (Å²) in [6.07, 6.45) is 5.89. The van der Waals surface area contributed by atoms with Crippen LogP contribution in [0.15, 0.2) is 47.4 Å². The summed E-state index contributed by atoms with van der Waals surface area (Å²) < 4.78 is 12.7. The summed E-state index contributed by atoms with van der Waals surface area (Å²) in [6, 6.07) is 12.5. The minimum Gasteiger partial charge on any atom is -0.496 e. The minimum atomic E-state index is -0.357. The molecule has 162 valence electrons. The van der Waals surface area contributed by atoms with Crippen molar-refractivity contribution < 1.29 is 9.47 Å². The van der Waals surface area contributed by atoms with E-state index in [0.717, 1.165) is 33.6 Å². The topological polar surface area (TPSA) is 53.3 Å². The van der Waals surface area contributed by atoms with Crippen LogP contribution in [0.1, 0.15) is 43.0 Å². The molecule has 0 saturated heterocycles. The third-order valence-corrected chi connectivity index (χ3v) is 5.22. The fourth-order valence-corrected chi connectivity index (χ4v) is 3.46. The standard InChI is InChI=1S/C26H30N2O3/c1-17-8-10-18(11-9-17)12-13-19-14-20(15-22(23(19)30-6)26(2,3)4)21-16-28(5)25(29)27-24(21)31-7/h8-16H,1-7H3/b13-12+. The number of hydrogen-bond donors (Lipinski definition) is 0. The Kier molecular flexibility index (Phi) is 6.34. The maximum atomic E-state index is 12.0. The molecule has 0 bridgehead atoms. The molecule has 0 aliphatic rings. The fraction of sp³-hybridized carbons (Fsp3) is 0.308. The van der Waals surface area contributed by atoms with Crippen LogP contribution < -0.4 is 15.2 Å². The summed E-state index contributed by atoms with van der Waals surface area (Å²) in [7, 11) is 4.91. The Morgan fingerprint density at radius 2 is 1.68 bits per heavy atom. The van der Waals surface area contributed by atoms with Gasteiger partial charge in [0.1, 0.15) is 5.75 Å². The maximum Gasteiger partial charge on any atom is 0.350 e. The third kappa shape index (κ3) is 4.88. The van der Waals surface area contributed by atoms with Crippen molar-refractivity contribution in [1.29, 1.82) is 0 Å². The smallest absolute Gasteiger partial charge is 0.350 e. The molecule has 0 radical (unpaired) electrons. The molecule has 3 rings (SSSR count). The van der Waals surface area contributed by atoms with Crippen molar-refractivity contribution in [3.8, 4) is 22.8 Å². The summed E-state index contributed by atoms with van der Waals surface area (Å²) in [5.74, 6) is 1.14. The third-order valence-electron chi connectivity index (χ3n) is 5.22. The predicted octanol–water partition coefficient (Wildman–Crippen LogP) is 5.24. The molecule has 0 unspecified atom stereocenters. The van der Waals surface area contributed by atoms with Crippen LogP contribution in [0.25, 0.3) is 23.3 Å². The number of ether oxygens (including phenoxy) is 2. The first-order valence-electron chi connectivity index (χ1n) is 10.2. The highest BCUT2D eigenvalue weighted by Gasteiger charge is 2.23. The van der Waals surface area contributed by atoms with E-state index in [-0.39, 0.29) is 11.1 Å². The molecule has 0 aliphatic heterocycles. The second-order valence-electron chi connectivity index (χ2n) is 8.70. The largest absolute Gasteiger partial charge is 0.496 e. The zero-order valence-electron chi connectivity index (χ0n) is 19.3. The predicted molar refractivity (Wildman–Crippen MR) is 127 cm³/mol. The first-order valence-corrected chi connectivity index (χ1v) is 10.2. The first kappa shape index (κ1) is 22.3. The quantitative estimate of drug-likeness (QED) is 0.532. The van der Waals surface area contributed by atoms with Gasteiger partial charge in [-0.15, -0.1) is 0 Å². The van der Waals surface area contributed by atoms with Crippen molar-refractivity contribution in [3.63, 3.8) is 0 Å². The van der Waals surface area contributed by atoms with Crippen LogP contribution in [0.3, 0.4) is 0 Å². The molecule has 2 aromatic carbocycles. The van der Waals surface area contributed by atoms with Crippen molar-refractivity contribution in [2.24, 2.45) is 7.05 Å². The summed E-state index contributed by atoms with van der Waals surface area (Å²) in [4.78, 5) is 16.1. The molecule has 0 fully saturated rings. The Morgan fingerprint density at radius 1 is 1.00 bits per heavy atom. The van der Waals surface area contributed by atoms with Crippen molar-refractivity contribution in [2.75, 3.05) is 14.2 Å². The van der Waals surface area contributed by atoms with Gasteiger partial charge in [0.15, 0.2) is 0 Å². The van der Waals surface area contributed by atoms with Gasteiger partial charge in [0.05, 0.1) is 19.8 Å². The molecule has 31 heavy (non-hydrogen) atoms. The van der Waals surface area contributed by atoms with Gasteiger partial charge in [-0.25, -0.2) is 4.79 Å². The van der Waals surface area contributed by atoms with Crippen LogP contribution in [-0.4, -0.2) is 23.8 Å². The van der Waals surface area contributed by atoms with Crippen molar-refractivity contribution >= 4 is 12.2 Å². The van der Waals surface area contributed by atoms with Gasteiger partial charge in [-0.05, 0) is 35.6 Å². The Labute approximate surface area is 184 Å². The lowest BCUT2D eigenvalue weighted by Gasteiger charge is -2.25. The monoisotopic (exact) mass is 418 g/mol. The van der Waals surface area contributed by atoms with Gasteiger partial charge in [-0.2, -0.15) is 4.98 Å². The van der Waals surface area contributed by atoms with Gasteiger partial charge < -0.3 is 14.0 Å². The maximum absolute atomic E-state index is 12.0. The van der Waals surface area contributed by atoms with E-state index in [2.05, 4.69) is 75.2 Å². The van der Waals surface area contributed by atoms with Crippen LogP contribution in [0, 0.1) is 6.92 Å². The zero-order chi connectivity index (χ0) is 22.8. The normalized spacial score (nSPS) is 11.7. The number of benzene rings is 2. The van der Waals surface area contributed by atoms with Crippen LogP contribution in [0.4, 0.5) is 0 Å². The molecule has 0 spiro atoms. The molecule has 1 heterocycles. The number of rotatable bonds is 5. The lowest BCUT2D eigenvalue weighted by molar-refractivity contribution is 0.394. The van der Waals surface area contributed by atoms with E-state index in [4.69, 9.17) is 9.47 Å². The van der Waals surface area contributed by atoms with Gasteiger partial charge in [-0.1, -0.05) is 62.8 Å². The van der Waals surface area contributed by atoms with Crippen molar-refractivity contribution in [1.82, 2.24) is 9.55 Å². The summed E-state index contributed by atoms with van der Waals surface area (Å²) in [6.45, 7) is 8.53. The molecule has 5 heteroatoms. The average Bonchev–Trinajstić information content (AvgIpc) is 2.73. The lowest BCUT2D eigenvalue weighted by Crippen LogP contribution is -2.20. The van der Waals surface area contributed by atoms with Crippen LogP contribution in [-0.2, 0) is 12.5 Å². The van der Waals surface area contributed by atoms with Crippen molar-refractivity contribution in [3.05, 3.63) is 75.3 Å². The highest BCUT2D eigenvalue weighted by atomic mass is 16.5. The molecular formula is C26H30N2O3. The lowest BCUT2D eigenvalue weighted by atomic mass is 9.83. The Morgan fingerprint density at radius 3 is 2.26 bits per heavy atom. The van der Waals surface area contributed by atoms with Gasteiger partial charge in [-0.3, -0.25) is 0 Å². The molecule has 0 atom stereocenters. The number of methoxy groups -OCH3 is 2. The highest BCUT2D eigenvalue weighted by Crippen LogP contribution is 2.40. The first-order chi connectivity index (χ1) is 14.6. The molecule has 0 saturated carbocycles. The van der Waals surface area contributed by atoms with E-state index >= 15 is 0 Å². The van der Waals surface area contributed by atoms with Gasteiger partial charge in [0.2, 0.25) is 5.88 Å². The number of hydrogen-bond acceptors (Lipinski definition) is 4. The minimum absolute atomic E-state index is 0.158. The molecule has 0 N–H and O–H groups in total. The molecule has 0 aliphatic carbocycles. The second-order valence-corrected chi connectivity index (χ2v) is 8.70. The van der Waals surface area contributed by atoms with E-state index in [0.29, 0.717) is 5.88 Å². The number of aromatic nitrogens is 2. The molecule has 1 aromatic heterocycles. The number of aryl methyl sites for hydroxylation is 2.